The van der Waals surface area contributed by atoms with Gasteiger partial charge in [-0.05, 0) is 13.8 Å². The number of rotatable bonds is 4. The fourth-order valence-corrected chi connectivity index (χ4v) is 1.58. The van der Waals surface area contributed by atoms with Crippen LogP contribution in [0, 0.1) is 6.92 Å². The van der Waals surface area contributed by atoms with Crippen molar-refractivity contribution in [3.05, 3.63) is 18.1 Å². The Hall–Kier alpha value is -0.640. The number of nitrogens with zero attached hydrogens (tertiary/aromatic N) is 3. The zero-order valence-electron chi connectivity index (χ0n) is 8.00. The third kappa shape index (κ3) is 2.95. The van der Waals surface area contributed by atoms with Gasteiger partial charge in [-0.1, -0.05) is 15.9 Å². The van der Waals surface area contributed by atoms with E-state index in [9.17, 15) is 0 Å². The maximum Gasteiger partial charge on any atom is 0.132 e. The maximum atomic E-state index is 4.22. The minimum atomic E-state index is 0.962. The summed E-state index contributed by atoms with van der Waals surface area (Å²) in [6.45, 7) is 6.06. The third-order valence-electron chi connectivity index (χ3n) is 1.85. The second-order valence-electron chi connectivity index (χ2n) is 2.79. The van der Waals surface area contributed by atoms with E-state index in [1.165, 1.54) is 0 Å². The number of aryl methyl sites for hydroxylation is 1. The van der Waals surface area contributed by atoms with Crippen molar-refractivity contribution in [1.29, 1.82) is 0 Å². The van der Waals surface area contributed by atoms with Crippen molar-refractivity contribution < 1.29 is 0 Å². The fourth-order valence-electron chi connectivity index (χ4n) is 1.15. The van der Waals surface area contributed by atoms with Gasteiger partial charge in [0.1, 0.15) is 12.1 Å². The van der Waals surface area contributed by atoms with Gasteiger partial charge in [-0.15, -0.1) is 0 Å². The molecule has 0 unspecified atom stereocenters. The van der Waals surface area contributed by atoms with Crippen LogP contribution in [0.4, 0.5) is 5.82 Å². The van der Waals surface area contributed by atoms with Gasteiger partial charge in [0.15, 0.2) is 0 Å². The highest BCUT2D eigenvalue weighted by Gasteiger charge is 2.04. The van der Waals surface area contributed by atoms with Gasteiger partial charge in [0.25, 0.3) is 0 Å². The van der Waals surface area contributed by atoms with Crippen molar-refractivity contribution in [2.45, 2.75) is 13.8 Å². The number of alkyl halides is 1. The summed E-state index contributed by atoms with van der Waals surface area (Å²) in [6, 6.07) is 2.01. The summed E-state index contributed by atoms with van der Waals surface area (Å²) < 4.78 is 0. The van der Waals surface area contributed by atoms with Crippen LogP contribution in [0.2, 0.25) is 0 Å². The van der Waals surface area contributed by atoms with Crippen molar-refractivity contribution >= 4 is 21.7 Å². The van der Waals surface area contributed by atoms with E-state index in [1.54, 1.807) is 6.33 Å². The van der Waals surface area contributed by atoms with Crippen LogP contribution in [-0.4, -0.2) is 28.4 Å². The van der Waals surface area contributed by atoms with Crippen LogP contribution in [0.25, 0.3) is 0 Å². The molecule has 1 heterocycles. The van der Waals surface area contributed by atoms with Crippen LogP contribution in [-0.2, 0) is 0 Å². The smallest absolute Gasteiger partial charge is 0.132 e. The number of hydrogen-bond donors (Lipinski definition) is 0. The van der Waals surface area contributed by atoms with E-state index in [0.29, 0.717) is 0 Å². The summed E-state index contributed by atoms with van der Waals surface area (Å²) in [6.07, 6.45) is 1.61. The SMILES string of the molecule is CCN(CCBr)c1cc(C)ncn1. The quantitative estimate of drug-likeness (QED) is 0.758. The number of hydrogen-bond acceptors (Lipinski definition) is 3. The van der Waals surface area contributed by atoms with Crippen LogP contribution < -0.4 is 4.90 Å². The topological polar surface area (TPSA) is 29.0 Å². The molecular weight excluding hydrogens is 230 g/mol. The Labute approximate surface area is 87.3 Å². The molecule has 4 heteroatoms. The molecule has 13 heavy (non-hydrogen) atoms. The highest BCUT2D eigenvalue weighted by molar-refractivity contribution is 9.09. The lowest BCUT2D eigenvalue weighted by Crippen LogP contribution is -2.25. The summed E-state index contributed by atoms with van der Waals surface area (Å²) in [5, 5.41) is 0.962. The molecule has 0 atom stereocenters. The molecule has 72 valence electrons. The average molecular weight is 244 g/mol. The number of aromatic nitrogens is 2. The molecule has 1 aromatic heterocycles. The van der Waals surface area contributed by atoms with Crippen LogP contribution in [0.3, 0.4) is 0 Å². The molecule has 0 radical (unpaired) electrons. The molecule has 0 N–H and O–H groups in total. The van der Waals surface area contributed by atoms with Gasteiger partial charge in [0.2, 0.25) is 0 Å². The fraction of sp³-hybridized carbons (Fsp3) is 0.556. The molecule has 3 nitrogen and oxygen atoms in total. The molecule has 0 aliphatic carbocycles. The molecule has 0 saturated carbocycles. The first kappa shape index (κ1) is 10.4. The van der Waals surface area contributed by atoms with E-state index in [2.05, 4.69) is 37.7 Å². The van der Waals surface area contributed by atoms with Crippen LogP contribution >= 0.6 is 15.9 Å². The molecular formula is C9H14BrN3. The molecule has 1 aromatic rings. The standard InChI is InChI=1S/C9H14BrN3/c1-3-13(5-4-10)9-6-8(2)11-7-12-9/h6-7H,3-5H2,1-2H3. The van der Waals surface area contributed by atoms with E-state index in [4.69, 9.17) is 0 Å². The van der Waals surface area contributed by atoms with Crippen LogP contribution in [0.15, 0.2) is 12.4 Å². The zero-order chi connectivity index (χ0) is 9.68. The minimum Gasteiger partial charge on any atom is -0.356 e. The molecule has 0 saturated heterocycles. The Morgan fingerprint density at radius 3 is 2.77 bits per heavy atom. The largest absolute Gasteiger partial charge is 0.356 e. The first-order valence-corrected chi connectivity index (χ1v) is 5.49. The second-order valence-corrected chi connectivity index (χ2v) is 3.58. The molecule has 0 spiro atoms. The average Bonchev–Trinajstić information content (AvgIpc) is 2.14. The Bertz CT molecular complexity index is 265. The summed E-state index contributed by atoms with van der Waals surface area (Å²) in [5.41, 5.74) is 1.01. The Morgan fingerprint density at radius 1 is 1.46 bits per heavy atom. The van der Waals surface area contributed by atoms with E-state index in [0.717, 1.165) is 29.9 Å². The first-order valence-electron chi connectivity index (χ1n) is 4.37. The van der Waals surface area contributed by atoms with Crippen molar-refractivity contribution in [1.82, 2.24) is 9.97 Å². The zero-order valence-corrected chi connectivity index (χ0v) is 9.58. The summed E-state index contributed by atoms with van der Waals surface area (Å²) in [4.78, 5) is 10.5. The van der Waals surface area contributed by atoms with Crippen LogP contribution in [0.1, 0.15) is 12.6 Å². The predicted molar refractivity (Wildman–Crippen MR) is 58.5 cm³/mol. The Morgan fingerprint density at radius 2 is 2.23 bits per heavy atom. The molecule has 0 aromatic carbocycles. The second kappa shape index (κ2) is 5.17. The van der Waals surface area contributed by atoms with Gasteiger partial charge in [-0.3, -0.25) is 0 Å². The van der Waals surface area contributed by atoms with Gasteiger partial charge in [0, 0.05) is 30.2 Å². The van der Waals surface area contributed by atoms with Crippen molar-refractivity contribution in [2.24, 2.45) is 0 Å². The third-order valence-corrected chi connectivity index (χ3v) is 2.20. The summed E-state index contributed by atoms with van der Waals surface area (Å²) in [7, 11) is 0. The summed E-state index contributed by atoms with van der Waals surface area (Å²) in [5.74, 6) is 1.01. The Kier molecular flexibility index (Phi) is 4.15. The van der Waals surface area contributed by atoms with E-state index in [1.807, 2.05) is 13.0 Å². The number of anilines is 1. The maximum absolute atomic E-state index is 4.22. The lowest BCUT2D eigenvalue weighted by molar-refractivity contribution is 0.846. The predicted octanol–water partition coefficient (Wildman–Crippen LogP) is 2.01. The van der Waals surface area contributed by atoms with Gasteiger partial charge in [-0.25, -0.2) is 9.97 Å². The highest BCUT2D eigenvalue weighted by Crippen LogP contribution is 2.09. The number of halogens is 1. The van der Waals surface area contributed by atoms with E-state index in [-0.39, 0.29) is 0 Å². The van der Waals surface area contributed by atoms with Crippen molar-refractivity contribution in [3.8, 4) is 0 Å². The minimum absolute atomic E-state index is 0.962. The van der Waals surface area contributed by atoms with Gasteiger partial charge < -0.3 is 4.90 Å². The van der Waals surface area contributed by atoms with Crippen molar-refractivity contribution in [3.63, 3.8) is 0 Å². The van der Waals surface area contributed by atoms with Gasteiger partial charge in [-0.2, -0.15) is 0 Å². The van der Waals surface area contributed by atoms with Crippen molar-refractivity contribution in [2.75, 3.05) is 23.3 Å². The highest BCUT2D eigenvalue weighted by atomic mass is 79.9. The Balaban J connectivity index is 2.78. The molecule has 0 bridgehead atoms. The molecule has 0 aliphatic heterocycles. The molecule has 0 amide bonds. The monoisotopic (exact) mass is 243 g/mol. The summed E-state index contributed by atoms with van der Waals surface area (Å²) >= 11 is 3.42. The lowest BCUT2D eigenvalue weighted by atomic mass is 10.4. The van der Waals surface area contributed by atoms with Crippen LogP contribution in [0.5, 0.6) is 0 Å². The lowest BCUT2D eigenvalue weighted by Gasteiger charge is -2.20. The first-order chi connectivity index (χ1) is 6.27. The molecule has 0 aliphatic rings. The molecule has 0 fully saturated rings. The van der Waals surface area contributed by atoms with E-state index < -0.39 is 0 Å². The molecule has 1 rings (SSSR count). The van der Waals surface area contributed by atoms with Gasteiger partial charge >= 0.3 is 0 Å². The normalized spacial score (nSPS) is 10.1. The van der Waals surface area contributed by atoms with Gasteiger partial charge in [0.05, 0.1) is 0 Å². The van der Waals surface area contributed by atoms with E-state index >= 15 is 0 Å².